The van der Waals surface area contributed by atoms with Gasteiger partial charge in [0, 0.05) is 25.5 Å². The molecule has 0 spiro atoms. The summed E-state index contributed by atoms with van der Waals surface area (Å²) in [5.74, 6) is -0.881. The highest BCUT2D eigenvalue weighted by molar-refractivity contribution is 6.21. The Hall–Kier alpha value is -3.14. The second-order valence-electron chi connectivity index (χ2n) is 7.18. The fourth-order valence-corrected chi connectivity index (χ4v) is 3.22. The molecule has 160 valence electrons. The maximum atomic E-state index is 13.0. The van der Waals surface area contributed by atoms with Gasteiger partial charge >= 0.3 is 12.4 Å². The first-order chi connectivity index (χ1) is 14.1. The highest BCUT2D eigenvalue weighted by atomic mass is 19.4. The van der Waals surface area contributed by atoms with Crippen molar-refractivity contribution in [1.82, 2.24) is 14.8 Å². The summed E-state index contributed by atoms with van der Waals surface area (Å²) in [4.78, 5) is 34.2. The Kier molecular flexibility index (Phi) is 5.97. The van der Waals surface area contributed by atoms with Crippen LogP contribution < -0.4 is 9.64 Å². The lowest BCUT2D eigenvalue weighted by Crippen LogP contribution is -2.34. The standard InChI is InChI=1S/C20H21F3N4O3/c1-13-18(28)27(16-4-6-17(7-5-16)30-20(21,22)23)19(29)26(13)12-14-8-9-24-10-15(14)11-25(2)3/h4-10,13H,11-12H2,1-3H3. The van der Waals surface area contributed by atoms with Crippen LogP contribution in [-0.2, 0) is 17.9 Å². The molecule has 1 atom stereocenters. The number of imide groups is 1. The molecule has 1 aliphatic heterocycles. The van der Waals surface area contributed by atoms with Gasteiger partial charge in [-0.15, -0.1) is 13.2 Å². The molecule has 7 nitrogen and oxygen atoms in total. The molecule has 10 heteroatoms. The molecule has 1 aromatic carbocycles. The van der Waals surface area contributed by atoms with Gasteiger partial charge in [0.2, 0.25) is 0 Å². The molecule has 0 bridgehead atoms. The number of aromatic nitrogens is 1. The Morgan fingerprint density at radius 1 is 1.10 bits per heavy atom. The zero-order chi connectivity index (χ0) is 22.1. The van der Waals surface area contributed by atoms with E-state index in [1.54, 1.807) is 25.4 Å². The number of amides is 3. The SMILES string of the molecule is CC1C(=O)N(c2ccc(OC(F)(F)F)cc2)C(=O)N1Cc1ccncc1CN(C)C. The lowest BCUT2D eigenvalue weighted by Gasteiger charge is -2.22. The molecule has 3 rings (SSSR count). The number of anilines is 1. The maximum Gasteiger partial charge on any atom is 0.573 e. The van der Waals surface area contributed by atoms with Crippen LogP contribution in [0.15, 0.2) is 42.7 Å². The van der Waals surface area contributed by atoms with Crippen LogP contribution in [0, 0.1) is 0 Å². The lowest BCUT2D eigenvalue weighted by molar-refractivity contribution is -0.274. The highest BCUT2D eigenvalue weighted by Crippen LogP contribution is 2.30. The van der Waals surface area contributed by atoms with E-state index in [1.165, 1.54) is 17.0 Å². The summed E-state index contributed by atoms with van der Waals surface area (Å²) in [5, 5.41) is 0. The van der Waals surface area contributed by atoms with Crippen molar-refractivity contribution in [1.29, 1.82) is 0 Å². The molecule has 3 amide bonds. The van der Waals surface area contributed by atoms with E-state index in [-0.39, 0.29) is 12.2 Å². The molecule has 0 aliphatic carbocycles. The van der Waals surface area contributed by atoms with Gasteiger partial charge in [0.1, 0.15) is 11.8 Å². The van der Waals surface area contributed by atoms with E-state index >= 15 is 0 Å². The van der Waals surface area contributed by atoms with Gasteiger partial charge in [-0.1, -0.05) is 0 Å². The van der Waals surface area contributed by atoms with Crippen molar-refractivity contribution < 1.29 is 27.5 Å². The summed E-state index contributed by atoms with van der Waals surface area (Å²) in [6.07, 6.45) is -1.47. The second-order valence-corrected chi connectivity index (χ2v) is 7.18. The number of nitrogens with zero attached hydrogens (tertiary/aromatic N) is 4. The van der Waals surface area contributed by atoms with Crippen molar-refractivity contribution >= 4 is 17.6 Å². The summed E-state index contributed by atoms with van der Waals surface area (Å²) in [7, 11) is 3.83. The molecule has 2 aromatic rings. The Balaban J connectivity index is 1.81. The van der Waals surface area contributed by atoms with Gasteiger partial charge in [0.05, 0.1) is 5.69 Å². The van der Waals surface area contributed by atoms with Crippen molar-refractivity contribution in [3.8, 4) is 5.75 Å². The van der Waals surface area contributed by atoms with Gasteiger partial charge in [0.15, 0.2) is 0 Å². The van der Waals surface area contributed by atoms with Crippen molar-refractivity contribution in [3.63, 3.8) is 0 Å². The number of pyridine rings is 1. The summed E-state index contributed by atoms with van der Waals surface area (Å²) < 4.78 is 40.8. The number of ether oxygens (including phenoxy) is 1. The number of benzene rings is 1. The van der Waals surface area contributed by atoms with Crippen LogP contribution in [0.5, 0.6) is 5.75 Å². The van der Waals surface area contributed by atoms with E-state index in [0.29, 0.717) is 6.54 Å². The predicted molar refractivity (Wildman–Crippen MR) is 103 cm³/mol. The Morgan fingerprint density at radius 3 is 2.37 bits per heavy atom. The van der Waals surface area contributed by atoms with Gasteiger partial charge in [-0.05, 0) is 62.5 Å². The predicted octanol–water partition coefficient (Wildman–Crippen LogP) is 3.40. The van der Waals surface area contributed by atoms with Gasteiger partial charge in [-0.3, -0.25) is 9.78 Å². The molecule has 2 heterocycles. The van der Waals surface area contributed by atoms with Gasteiger partial charge in [-0.2, -0.15) is 0 Å². The number of halogens is 3. The molecular weight excluding hydrogens is 401 g/mol. The average Bonchev–Trinajstić information content (AvgIpc) is 2.86. The second kappa shape index (κ2) is 8.31. The zero-order valence-electron chi connectivity index (χ0n) is 16.7. The van der Waals surface area contributed by atoms with E-state index in [2.05, 4.69) is 9.72 Å². The summed E-state index contributed by atoms with van der Waals surface area (Å²) >= 11 is 0. The number of carbonyl (C=O) groups excluding carboxylic acids is 2. The Bertz CT molecular complexity index is 932. The number of rotatable bonds is 6. The van der Waals surface area contributed by atoms with Gasteiger partial charge in [0.25, 0.3) is 5.91 Å². The van der Waals surface area contributed by atoms with Crippen molar-refractivity contribution in [3.05, 3.63) is 53.9 Å². The van der Waals surface area contributed by atoms with Gasteiger partial charge in [-0.25, -0.2) is 9.69 Å². The maximum absolute atomic E-state index is 13.0. The van der Waals surface area contributed by atoms with Crippen LogP contribution in [0.3, 0.4) is 0 Å². The third-order valence-electron chi connectivity index (χ3n) is 4.64. The number of hydrogen-bond acceptors (Lipinski definition) is 5. The first-order valence-corrected chi connectivity index (χ1v) is 9.13. The molecule has 0 saturated carbocycles. The quantitative estimate of drug-likeness (QED) is 0.668. The van der Waals surface area contributed by atoms with E-state index in [4.69, 9.17) is 0 Å². The van der Waals surface area contributed by atoms with E-state index in [0.717, 1.165) is 28.2 Å². The number of alkyl halides is 3. The average molecular weight is 422 g/mol. The van der Waals surface area contributed by atoms with Crippen LogP contribution in [0.2, 0.25) is 0 Å². The van der Waals surface area contributed by atoms with E-state index < -0.39 is 30.1 Å². The van der Waals surface area contributed by atoms with Crippen LogP contribution in [0.25, 0.3) is 0 Å². The Morgan fingerprint density at radius 2 is 1.77 bits per heavy atom. The van der Waals surface area contributed by atoms with Gasteiger partial charge < -0.3 is 14.5 Å². The smallest absolute Gasteiger partial charge is 0.406 e. The first-order valence-electron chi connectivity index (χ1n) is 9.13. The van der Waals surface area contributed by atoms with Crippen molar-refractivity contribution in [2.75, 3.05) is 19.0 Å². The third-order valence-corrected chi connectivity index (χ3v) is 4.64. The van der Waals surface area contributed by atoms with Crippen LogP contribution in [-0.4, -0.2) is 53.2 Å². The topological polar surface area (TPSA) is 66.0 Å². The summed E-state index contributed by atoms with van der Waals surface area (Å²) in [6, 6.07) is 5.17. The van der Waals surface area contributed by atoms with E-state index in [1.807, 2.05) is 19.0 Å². The molecule has 1 fully saturated rings. The largest absolute Gasteiger partial charge is 0.573 e. The lowest BCUT2D eigenvalue weighted by atomic mass is 10.1. The molecular formula is C20H21F3N4O3. The molecule has 0 radical (unpaired) electrons. The summed E-state index contributed by atoms with van der Waals surface area (Å²) in [5.41, 5.74) is 1.97. The minimum Gasteiger partial charge on any atom is -0.406 e. The zero-order valence-corrected chi connectivity index (χ0v) is 16.7. The van der Waals surface area contributed by atoms with Crippen LogP contribution >= 0.6 is 0 Å². The minimum atomic E-state index is -4.82. The van der Waals surface area contributed by atoms with Crippen LogP contribution in [0.4, 0.5) is 23.7 Å². The van der Waals surface area contributed by atoms with Crippen LogP contribution in [0.1, 0.15) is 18.1 Å². The highest BCUT2D eigenvalue weighted by Gasteiger charge is 2.43. The first kappa shape index (κ1) is 21.6. The number of urea groups is 1. The fraction of sp³-hybridized carbons (Fsp3) is 0.350. The number of hydrogen-bond donors (Lipinski definition) is 0. The fourth-order valence-electron chi connectivity index (χ4n) is 3.22. The molecule has 1 aromatic heterocycles. The molecule has 1 unspecified atom stereocenters. The normalized spacial score (nSPS) is 17.2. The monoisotopic (exact) mass is 422 g/mol. The van der Waals surface area contributed by atoms with Crippen molar-refractivity contribution in [2.24, 2.45) is 0 Å². The summed E-state index contributed by atoms with van der Waals surface area (Å²) in [6.45, 7) is 2.45. The molecule has 1 saturated heterocycles. The molecule has 0 N–H and O–H groups in total. The van der Waals surface area contributed by atoms with E-state index in [9.17, 15) is 22.8 Å². The van der Waals surface area contributed by atoms with Crippen molar-refractivity contribution in [2.45, 2.75) is 32.4 Å². The third kappa shape index (κ3) is 4.70. The Labute approximate surface area is 171 Å². The minimum absolute atomic E-state index is 0.178. The molecule has 1 aliphatic rings. The molecule has 30 heavy (non-hydrogen) atoms. The number of carbonyl (C=O) groups is 2.